The van der Waals surface area contributed by atoms with Crippen LogP contribution in [-0.2, 0) is 4.79 Å². The smallest absolute Gasteiger partial charge is 0.238 e. The van der Waals surface area contributed by atoms with Crippen LogP contribution in [-0.4, -0.2) is 36.0 Å². The largest absolute Gasteiger partial charge is 0.368 e. The van der Waals surface area contributed by atoms with Crippen LogP contribution in [0.3, 0.4) is 0 Å². The van der Waals surface area contributed by atoms with E-state index < -0.39 is 11.4 Å². The van der Waals surface area contributed by atoms with Crippen LogP contribution < -0.4 is 11.5 Å². The molecule has 15 heavy (non-hydrogen) atoms. The number of primary amides is 1. The molecule has 0 bridgehead atoms. The molecule has 0 radical (unpaired) electrons. The predicted octanol–water partition coefficient (Wildman–Crippen LogP) is 0.167. The van der Waals surface area contributed by atoms with E-state index in [0.717, 1.165) is 13.1 Å². The Hall–Kier alpha value is -0.610. The van der Waals surface area contributed by atoms with Crippen molar-refractivity contribution in [2.24, 2.45) is 23.3 Å². The molecule has 4 N–H and O–H groups in total. The maximum absolute atomic E-state index is 11.1. The number of carbonyl (C=O) groups excluding carboxylic acids is 1. The first-order chi connectivity index (χ1) is 6.81. The first-order valence-corrected chi connectivity index (χ1v) is 5.62. The van der Waals surface area contributed by atoms with E-state index in [-0.39, 0.29) is 0 Å². The van der Waals surface area contributed by atoms with E-state index in [1.54, 1.807) is 6.92 Å². The summed E-state index contributed by atoms with van der Waals surface area (Å²) in [6.07, 6.45) is 1.26. The molecule has 4 heteroatoms. The predicted molar refractivity (Wildman–Crippen MR) is 61.2 cm³/mol. The van der Waals surface area contributed by atoms with Gasteiger partial charge in [0.05, 0.1) is 0 Å². The van der Waals surface area contributed by atoms with Crippen LogP contribution in [0.5, 0.6) is 0 Å². The van der Waals surface area contributed by atoms with Crippen LogP contribution in [0.15, 0.2) is 0 Å². The lowest BCUT2D eigenvalue weighted by molar-refractivity contribution is -0.123. The van der Waals surface area contributed by atoms with Crippen LogP contribution in [0.2, 0.25) is 0 Å². The molecule has 1 rings (SSSR count). The molecular formula is C11H23N3O. The van der Waals surface area contributed by atoms with Crippen LogP contribution in [0.1, 0.15) is 27.2 Å². The first-order valence-electron chi connectivity index (χ1n) is 5.62. The molecule has 0 saturated carbocycles. The van der Waals surface area contributed by atoms with E-state index in [9.17, 15) is 4.79 Å². The third-order valence-electron chi connectivity index (χ3n) is 3.06. The first kappa shape index (κ1) is 12.5. The van der Waals surface area contributed by atoms with Gasteiger partial charge in [-0.15, -0.1) is 0 Å². The minimum Gasteiger partial charge on any atom is -0.368 e. The molecule has 1 saturated heterocycles. The molecule has 0 aromatic heterocycles. The number of carbonyl (C=O) groups is 1. The highest BCUT2D eigenvalue weighted by Crippen LogP contribution is 2.21. The second-order valence-electron chi connectivity index (χ2n) is 5.42. The number of hydrogen-bond donors (Lipinski definition) is 2. The van der Waals surface area contributed by atoms with Gasteiger partial charge >= 0.3 is 0 Å². The van der Waals surface area contributed by atoms with Gasteiger partial charge in [-0.05, 0) is 25.2 Å². The van der Waals surface area contributed by atoms with E-state index in [4.69, 9.17) is 11.5 Å². The summed E-state index contributed by atoms with van der Waals surface area (Å²) in [6, 6.07) is 0. The van der Waals surface area contributed by atoms with Crippen LogP contribution in [0.4, 0.5) is 0 Å². The minimum absolute atomic E-state index is 0.423. The van der Waals surface area contributed by atoms with Crippen molar-refractivity contribution in [3.8, 4) is 0 Å². The second-order valence-corrected chi connectivity index (χ2v) is 5.42. The monoisotopic (exact) mass is 213 g/mol. The Morgan fingerprint density at radius 3 is 2.27 bits per heavy atom. The van der Waals surface area contributed by atoms with E-state index >= 15 is 0 Å². The van der Waals surface area contributed by atoms with Crippen molar-refractivity contribution in [1.29, 1.82) is 0 Å². The zero-order valence-electron chi connectivity index (χ0n) is 9.99. The van der Waals surface area contributed by atoms with Crippen molar-refractivity contribution < 1.29 is 4.79 Å². The zero-order valence-corrected chi connectivity index (χ0v) is 9.99. The maximum Gasteiger partial charge on any atom is 0.238 e. The average molecular weight is 213 g/mol. The Morgan fingerprint density at radius 2 is 1.87 bits per heavy atom. The number of nitrogens with zero attached hydrogens (tertiary/aromatic N) is 1. The quantitative estimate of drug-likeness (QED) is 0.702. The second kappa shape index (κ2) is 4.49. The maximum atomic E-state index is 11.1. The number of nitrogens with two attached hydrogens (primary N) is 2. The molecule has 0 aliphatic carbocycles. The Kier molecular flexibility index (Phi) is 3.73. The Labute approximate surface area is 92.0 Å². The van der Waals surface area contributed by atoms with Gasteiger partial charge in [0.15, 0.2) is 0 Å². The molecule has 3 atom stereocenters. The summed E-state index contributed by atoms with van der Waals surface area (Å²) in [5, 5.41) is 0. The minimum atomic E-state index is -0.906. The summed E-state index contributed by atoms with van der Waals surface area (Å²) >= 11 is 0. The van der Waals surface area contributed by atoms with E-state index in [1.165, 1.54) is 6.42 Å². The van der Waals surface area contributed by atoms with E-state index in [1.807, 2.05) is 0 Å². The number of likely N-dealkylation sites (tertiary alicyclic amines) is 1. The topological polar surface area (TPSA) is 72.3 Å². The number of piperidine rings is 1. The lowest BCUT2D eigenvalue weighted by Crippen LogP contribution is -2.58. The van der Waals surface area contributed by atoms with Crippen LogP contribution in [0, 0.1) is 11.8 Å². The molecular weight excluding hydrogens is 190 g/mol. The van der Waals surface area contributed by atoms with Gasteiger partial charge in [0, 0.05) is 19.6 Å². The summed E-state index contributed by atoms with van der Waals surface area (Å²) in [5.74, 6) is 0.934. The third-order valence-corrected chi connectivity index (χ3v) is 3.06. The van der Waals surface area contributed by atoms with Gasteiger partial charge in [-0.3, -0.25) is 4.79 Å². The molecule has 0 spiro atoms. The van der Waals surface area contributed by atoms with Crippen LogP contribution >= 0.6 is 0 Å². The Morgan fingerprint density at radius 1 is 1.40 bits per heavy atom. The standard InChI is InChI=1S/C11H23N3O/c1-8-4-9(2)6-14(5-8)7-11(3,13)10(12)15/h8-9H,4-7,13H2,1-3H3,(H2,12,15). The van der Waals surface area contributed by atoms with Gasteiger partial charge in [-0.1, -0.05) is 13.8 Å². The molecule has 4 nitrogen and oxygen atoms in total. The molecule has 0 aromatic carbocycles. The van der Waals surface area contributed by atoms with Gasteiger partial charge in [-0.2, -0.15) is 0 Å². The van der Waals surface area contributed by atoms with Gasteiger partial charge in [0.2, 0.25) is 5.91 Å². The summed E-state index contributed by atoms with van der Waals surface area (Å²) in [6.45, 7) is 8.78. The van der Waals surface area contributed by atoms with Gasteiger partial charge in [0.1, 0.15) is 5.54 Å². The van der Waals surface area contributed by atoms with Crippen molar-refractivity contribution >= 4 is 5.91 Å². The summed E-state index contributed by atoms with van der Waals surface area (Å²) in [5.41, 5.74) is 10.2. The third kappa shape index (κ3) is 3.47. The lowest BCUT2D eigenvalue weighted by atomic mass is 9.90. The highest BCUT2D eigenvalue weighted by molar-refractivity contribution is 5.84. The molecule has 88 valence electrons. The highest BCUT2D eigenvalue weighted by atomic mass is 16.1. The highest BCUT2D eigenvalue weighted by Gasteiger charge is 2.31. The number of rotatable bonds is 3. The van der Waals surface area contributed by atoms with Crippen molar-refractivity contribution in [3.05, 3.63) is 0 Å². The fourth-order valence-corrected chi connectivity index (χ4v) is 2.46. The van der Waals surface area contributed by atoms with Crippen molar-refractivity contribution in [3.63, 3.8) is 0 Å². The fourth-order valence-electron chi connectivity index (χ4n) is 2.46. The zero-order chi connectivity index (χ0) is 11.6. The molecule has 1 fully saturated rings. The SMILES string of the molecule is CC1CC(C)CN(CC(C)(N)C(N)=O)C1. The molecule has 0 aromatic rings. The van der Waals surface area contributed by atoms with Crippen molar-refractivity contribution in [1.82, 2.24) is 4.90 Å². The molecule has 1 aliphatic rings. The van der Waals surface area contributed by atoms with Crippen molar-refractivity contribution in [2.75, 3.05) is 19.6 Å². The summed E-state index contributed by atoms with van der Waals surface area (Å²) in [7, 11) is 0. The van der Waals surface area contributed by atoms with Gasteiger partial charge in [0.25, 0.3) is 0 Å². The normalized spacial score (nSPS) is 32.3. The van der Waals surface area contributed by atoms with E-state index in [2.05, 4.69) is 18.7 Å². The van der Waals surface area contributed by atoms with Gasteiger partial charge < -0.3 is 16.4 Å². The number of hydrogen-bond acceptors (Lipinski definition) is 3. The van der Waals surface area contributed by atoms with Gasteiger partial charge in [-0.25, -0.2) is 0 Å². The molecule has 1 amide bonds. The number of amides is 1. The lowest BCUT2D eigenvalue weighted by Gasteiger charge is -2.38. The average Bonchev–Trinajstić information content (AvgIpc) is 1.99. The molecule has 1 aliphatic heterocycles. The molecule has 3 unspecified atom stereocenters. The van der Waals surface area contributed by atoms with E-state index in [0.29, 0.717) is 18.4 Å². The molecule has 1 heterocycles. The fraction of sp³-hybridized carbons (Fsp3) is 0.909. The van der Waals surface area contributed by atoms with Crippen molar-refractivity contribution in [2.45, 2.75) is 32.7 Å². The Bertz CT molecular complexity index is 230. The van der Waals surface area contributed by atoms with Crippen LogP contribution in [0.25, 0.3) is 0 Å². The summed E-state index contributed by atoms with van der Waals surface area (Å²) < 4.78 is 0. The summed E-state index contributed by atoms with van der Waals surface area (Å²) in [4.78, 5) is 13.4. The Balaban J connectivity index is 2.54.